The Morgan fingerprint density at radius 3 is 1.23 bits per heavy atom. The van der Waals surface area contributed by atoms with Crippen molar-refractivity contribution in [2.75, 3.05) is 69.3 Å². The van der Waals surface area contributed by atoms with E-state index in [2.05, 4.69) is 9.97 Å². The van der Waals surface area contributed by atoms with Crippen LogP contribution in [-0.4, -0.2) is 94.9 Å². The molecule has 65 heavy (non-hydrogen) atoms. The molecule has 0 saturated carbocycles. The minimum Gasteiger partial charge on any atom is -0.497 e. The zero-order chi connectivity index (χ0) is 47.1. The van der Waals surface area contributed by atoms with Crippen molar-refractivity contribution >= 4 is 53.0 Å². The van der Waals surface area contributed by atoms with E-state index in [1.54, 1.807) is 23.0 Å². The Balaban J connectivity index is 0.000000194. The lowest BCUT2D eigenvalue weighted by Crippen LogP contribution is -2.49. The molecule has 2 aliphatic rings. The van der Waals surface area contributed by atoms with Gasteiger partial charge in [0.1, 0.15) is 5.75 Å². The second-order valence-electron chi connectivity index (χ2n) is 14.2. The molecule has 4 heterocycles. The normalized spacial score (nSPS) is 15.3. The first-order valence-electron chi connectivity index (χ1n) is 18.9. The second-order valence-corrected chi connectivity index (χ2v) is 19.6. The third-order valence-electron chi connectivity index (χ3n) is 10.2. The monoisotopic (exact) mass is 994 g/mol. The Kier molecular flexibility index (Phi) is 13.8. The number of thiazole rings is 2. The fourth-order valence-corrected chi connectivity index (χ4v) is 11.6. The van der Waals surface area contributed by atoms with E-state index >= 15 is 0 Å². The number of nitrogens with zero attached hydrogens (tertiary/aromatic N) is 6. The van der Waals surface area contributed by atoms with E-state index in [0.717, 1.165) is 22.4 Å². The molecule has 0 atom stereocenters. The van der Waals surface area contributed by atoms with Crippen LogP contribution >= 0.6 is 22.7 Å². The number of sulfonamides is 2. The molecule has 8 rings (SSSR count). The molecule has 0 unspecified atom stereocenters. The van der Waals surface area contributed by atoms with Crippen molar-refractivity contribution in [2.45, 2.75) is 16.7 Å². The summed E-state index contributed by atoms with van der Waals surface area (Å²) in [5.74, 6) is -22.9. The van der Waals surface area contributed by atoms with Gasteiger partial charge in [-0.3, -0.25) is 0 Å². The van der Waals surface area contributed by atoms with Crippen LogP contribution in [0.3, 0.4) is 0 Å². The molecule has 4 aromatic carbocycles. The Bertz CT molecular complexity index is 2940. The van der Waals surface area contributed by atoms with Gasteiger partial charge in [0.25, 0.3) is 0 Å². The molecule has 11 nitrogen and oxygen atoms in total. The maximum atomic E-state index is 14.1. The highest BCUT2D eigenvalue weighted by Crippen LogP contribution is 2.35. The lowest BCUT2D eigenvalue weighted by Gasteiger charge is -2.33. The van der Waals surface area contributed by atoms with Crippen LogP contribution in [0.1, 0.15) is 5.56 Å². The lowest BCUT2D eigenvalue weighted by atomic mass is 10.1. The Hall–Kier alpha value is -5.34. The molecular formula is C40H32F10N6O5S4. The van der Waals surface area contributed by atoms with Crippen molar-refractivity contribution < 1.29 is 65.5 Å². The second kappa shape index (κ2) is 18.9. The highest BCUT2D eigenvalue weighted by Gasteiger charge is 2.40. The molecule has 346 valence electrons. The number of halogens is 10. The minimum atomic E-state index is -4.96. The number of hydrogen-bond acceptors (Lipinski definition) is 11. The third kappa shape index (κ3) is 9.25. The van der Waals surface area contributed by atoms with Gasteiger partial charge in [-0.25, -0.2) is 70.7 Å². The lowest BCUT2D eigenvalue weighted by molar-refractivity contribution is 0.344. The molecule has 6 aromatic rings. The maximum Gasteiger partial charge on any atom is 0.249 e. The molecule has 0 spiro atoms. The van der Waals surface area contributed by atoms with Crippen molar-refractivity contribution in [2.24, 2.45) is 0 Å². The molecule has 2 aromatic heterocycles. The predicted molar refractivity (Wildman–Crippen MR) is 221 cm³/mol. The van der Waals surface area contributed by atoms with Crippen molar-refractivity contribution in [1.29, 1.82) is 0 Å². The molecule has 0 radical (unpaired) electrons. The number of ether oxygens (including phenoxy) is 1. The standard InChI is InChI=1S/C20H16F5N3O3S2.C20H16F5N3O2S2/c1-31-12-4-2-3-11(9-12)13-10-32-20(26-13)27-5-7-28(8-6-27)33(29,30)19-17(24)15(22)14(21)16(23)18(19)25;1-11-3-2-4-12(9-11)13-10-31-20(26-13)27-5-7-28(8-6-27)32(29,30)19-17(24)15(22)14(21)16(23)18(19)25/h2-4,9-10H,5-8H2,1H3;2-4,9-10H,5-8H2,1H3. The summed E-state index contributed by atoms with van der Waals surface area (Å²) >= 11 is 2.68. The van der Waals surface area contributed by atoms with E-state index in [1.807, 2.05) is 60.1 Å². The van der Waals surface area contributed by atoms with Crippen molar-refractivity contribution in [3.05, 3.63) is 123 Å². The van der Waals surface area contributed by atoms with E-state index in [1.165, 1.54) is 22.7 Å². The van der Waals surface area contributed by atoms with Gasteiger partial charge in [0.05, 0.1) is 18.5 Å². The summed E-state index contributed by atoms with van der Waals surface area (Å²) in [6.45, 7) is 1.58. The number of aromatic nitrogens is 2. The van der Waals surface area contributed by atoms with Crippen LogP contribution in [0.25, 0.3) is 22.5 Å². The quantitative estimate of drug-likeness (QED) is 0.0801. The van der Waals surface area contributed by atoms with E-state index in [4.69, 9.17) is 4.74 Å². The van der Waals surface area contributed by atoms with Crippen LogP contribution in [0.2, 0.25) is 0 Å². The summed E-state index contributed by atoms with van der Waals surface area (Å²) in [5.41, 5.74) is 4.27. The van der Waals surface area contributed by atoms with Gasteiger partial charge in [0, 0.05) is 74.2 Å². The highest BCUT2D eigenvalue weighted by molar-refractivity contribution is 7.89. The Morgan fingerprint density at radius 1 is 0.508 bits per heavy atom. The summed E-state index contributed by atoms with van der Waals surface area (Å²) in [7, 11) is -8.35. The average Bonchev–Trinajstić information content (AvgIpc) is 4.01. The van der Waals surface area contributed by atoms with Crippen molar-refractivity contribution in [1.82, 2.24) is 18.6 Å². The first kappa shape index (κ1) is 47.6. The topological polar surface area (TPSA) is 116 Å². The van der Waals surface area contributed by atoms with E-state index in [0.29, 0.717) is 30.3 Å². The molecule has 25 heteroatoms. The SMILES string of the molecule is COc1cccc(-c2csc(N3CCN(S(=O)(=O)c4c(F)c(F)c(F)c(F)c4F)CC3)n2)c1.Cc1cccc(-c2csc(N3CCN(S(=O)(=O)c4c(F)c(F)c(F)c(F)c4F)CC3)n2)c1. The Morgan fingerprint density at radius 2 is 0.862 bits per heavy atom. The maximum absolute atomic E-state index is 14.1. The van der Waals surface area contributed by atoms with Gasteiger partial charge < -0.3 is 14.5 Å². The molecule has 0 aliphatic carbocycles. The van der Waals surface area contributed by atoms with Crippen molar-refractivity contribution in [3.8, 4) is 28.3 Å². The number of hydrogen-bond donors (Lipinski definition) is 0. The molecule has 0 N–H and O–H groups in total. The fraction of sp³-hybridized carbons (Fsp3) is 0.250. The first-order valence-corrected chi connectivity index (χ1v) is 23.6. The van der Waals surface area contributed by atoms with Gasteiger partial charge in [0.2, 0.25) is 31.7 Å². The van der Waals surface area contributed by atoms with Gasteiger partial charge in [-0.15, -0.1) is 22.7 Å². The zero-order valence-corrected chi connectivity index (χ0v) is 36.8. The zero-order valence-electron chi connectivity index (χ0n) is 33.6. The van der Waals surface area contributed by atoms with Crippen LogP contribution < -0.4 is 14.5 Å². The van der Waals surface area contributed by atoms with Gasteiger partial charge in [-0.05, 0) is 25.1 Å². The fourth-order valence-electron chi connectivity index (χ4n) is 6.79. The predicted octanol–water partition coefficient (Wildman–Crippen LogP) is 8.35. The summed E-state index contributed by atoms with van der Waals surface area (Å²) in [4.78, 5) is 9.01. The number of methoxy groups -OCH3 is 1. The minimum absolute atomic E-state index is 0.111. The molecule has 2 aliphatic heterocycles. The smallest absolute Gasteiger partial charge is 0.249 e. The van der Waals surface area contributed by atoms with Gasteiger partial charge in [-0.2, -0.15) is 8.61 Å². The number of rotatable bonds is 9. The van der Waals surface area contributed by atoms with Gasteiger partial charge >= 0.3 is 0 Å². The molecule has 2 fully saturated rings. The van der Waals surface area contributed by atoms with Crippen LogP contribution in [0.4, 0.5) is 54.2 Å². The summed E-state index contributed by atoms with van der Waals surface area (Å²) in [5, 5.41) is 4.92. The van der Waals surface area contributed by atoms with E-state index < -0.39 is 88.0 Å². The Labute approximate surface area is 372 Å². The average molecular weight is 995 g/mol. The number of aryl methyl sites for hydroxylation is 1. The highest BCUT2D eigenvalue weighted by atomic mass is 32.2. The van der Waals surface area contributed by atoms with Crippen LogP contribution in [-0.2, 0) is 20.0 Å². The largest absolute Gasteiger partial charge is 0.497 e. The molecule has 0 bridgehead atoms. The summed E-state index contributed by atoms with van der Waals surface area (Å²) in [6, 6.07) is 15.0. The van der Waals surface area contributed by atoms with Gasteiger partial charge in [-0.1, -0.05) is 35.9 Å². The first-order chi connectivity index (χ1) is 30.8. The molecule has 0 amide bonds. The van der Waals surface area contributed by atoms with Gasteiger partial charge in [0.15, 0.2) is 66.6 Å². The van der Waals surface area contributed by atoms with E-state index in [-0.39, 0.29) is 52.4 Å². The molecule has 2 saturated heterocycles. The number of piperazine rings is 2. The molecular weight excluding hydrogens is 963 g/mol. The number of benzene rings is 4. The third-order valence-corrected chi connectivity index (χ3v) is 15.9. The van der Waals surface area contributed by atoms with Crippen molar-refractivity contribution in [3.63, 3.8) is 0 Å². The van der Waals surface area contributed by atoms with E-state index in [9.17, 15) is 60.7 Å². The summed E-state index contributed by atoms with van der Waals surface area (Å²) in [6.07, 6.45) is 0. The van der Waals surface area contributed by atoms with Crippen LogP contribution in [0.5, 0.6) is 5.75 Å². The number of anilines is 2. The summed E-state index contributed by atoms with van der Waals surface area (Å²) < 4.78 is 194. The van der Waals surface area contributed by atoms with Crippen LogP contribution in [0.15, 0.2) is 69.1 Å². The van der Waals surface area contributed by atoms with Crippen LogP contribution in [0, 0.1) is 65.1 Å².